The van der Waals surface area contributed by atoms with Gasteiger partial charge in [-0.25, -0.2) is 4.79 Å². The van der Waals surface area contributed by atoms with Gasteiger partial charge in [-0.2, -0.15) is 0 Å². The fourth-order valence-corrected chi connectivity index (χ4v) is 3.57. The summed E-state index contributed by atoms with van der Waals surface area (Å²) in [6.45, 7) is 6.48. The largest absolute Gasteiger partial charge is 0.444 e. The van der Waals surface area contributed by atoms with Crippen LogP contribution < -0.4 is 5.73 Å². The molecule has 1 saturated carbocycles. The number of nitrogens with zero attached hydrogens (tertiary/aromatic N) is 1. The molecule has 0 aromatic carbocycles. The monoisotopic (exact) mass is 298 g/mol. The molecule has 1 aliphatic heterocycles. The Labute approximate surface area is 127 Å². The van der Waals surface area contributed by atoms with Gasteiger partial charge in [-0.3, -0.25) is 0 Å². The van der Waals surface area contributed by atoms with E-state index in [1.807, 2.05) is 20.8 Å². The van der Waals surface area contributed by atoms with Gasteiger partial charge in [-0.05, 0) is 46.5 Å². The lowest BCUT2D eigenvalue weighted by atomic mass is 9.67. The number of carbonyl (C=O) groups excluding carboxylic acids is 1. The van der Waals surface area contributed by atoms with Crippen LogP contribution in [0.4, 0.5) is 4.79 Å². The van der Waals surface area contributed by atoms with Crippen molar-refractivity contribution in [1.29, 1.82) is 0 Å². The Kier molecular flexibility index (Phi) is 4.54. The van der Waals surface area contributed by atoms with Crippen molar-refractivity contribution in [3.8, 4) is 0 Å². The molecule has 2 rings (SSSR count). The summed E-state index contributed by atoms with van der Waals surface area (Å²) in [4.78, 5) is 13.9. The summed E-state index contributed by atoms with van der Waals surface area (Å²) in [6.07, 6.45) is 6.08. The second-order valence-corrected chi connectivity index (χ2v) is 7.75. The van der Waals surface area contributed by atoms with E-state index in [-0.39, 0.29) is 6.09 Å². The first-order chi connectivity index (χ1) is 9.65. The Balaban J connectivity index is 2.07. The number of carbonyl (C=O) groups is 1. The lowest BCUT2D eigenvalue weighted by Gasteiger charge is -2.51. The van der Waals surface area contributed by atoms with Gasteiger partial charge in [0, 0.05) is 12.1 Å². The molecule has 1 aliphatic carbocycles. The molecule has 21 heavy (non-hydrogen) atoms. The van der Waals surface area contributed by atoms with Gasteiger partial charge in [0.05, 0.1) is 6.54 Å². The van der Waals surface area contributed by atoms with Crippen molar-refractivity contribution < 1.29 is 14.6 Å². The second-order valence-electron chi connectivity index (χ2n) is 7.75. The number of β-amino-alcohol motifs (C(OH)–C–C–N with tert-alkyl or cyclic N) is 1. The fourth-order valence-electron chi connectivity index (χ4n) is 3.57. The maximum atomic E-state index is 12.2. The standard InChI is InChI=1S/C16H30N2O3/c1-14(2,3)21-13(19)18-11-7-10-16(20,12-18)15(17)8-5-4-6-9-15/h20H,4-12,17H2,1-3H3. The number of hydrogen-bond acceptors (Lipinski definition) is 4. The van der Waals surface area contributed by atoms with Crippen LogP contribution in [0.5, 0.6) is 0 Å². The molecule has 1 atom stereocenters. The molecule has 0 bridgehead atoms. The van der Waals surface area contributed by atoms with E-state index in [4.69, 9.17) is 10.5 Å². The number of amides is 1. The van der Waals surface area contributed by atoms with Crippen LogP contribution in [0.1, 0.15) is 65.7 Å². The van der Waals surface area contributed by atoms with Crippen molar-refractivity contribution in [3.05, 3.63) is 0 Å². The zero-order valence-electron chi connectivity index (χ0n) is 13.7. The quantitative estimate of drug-likeness (QED) is 0.779. The number of likely N-dealkylation sites (tertiary alicyclic amines) is 1. The van der Waals surface area contributed by atoms with E-state index >= 15 is 0 Å². The molecule has 3 N–H and O–H groups in total. The Hall–Kier alpha value is -0.810. The average molecular weight is 298 g/mol. The van der Waals surface area contributed by atoms with E-state index in [1.54, 1.807) is 4.90 Å². The van der Waals surface area contributed by atoms with Crippen LogP contribution in [-0.2, 0) is 4.74 Å². The number of ether oxygens (including phenoxy) is 1. The minimum Gasteiger partial charge on any atom is -0.444 e. The first kappa shape index (κ1) is 16.6. The molecule has 0 radical (unpaired) electrons. The third-order valence-electron chi connectivity index (χ3n) is 4.80. The summed E-state index contributed by atoms with van der Waals surface area (Å²) in [5, 5.41) is 11.1. The van der Waals surface area contributed by atoms with Gasteiger partial charge in [-0.15, -0.1) is 0 Å². The number of rotatable bonds is 1. The highest BCUT2D eigenvalue weighted by molar-refractivity contribution is 5.68. The number of hydrogen-bond donors (Lipinski definition) is 2. The van der Waals surface area contributed by atoms with Crippen molar-refractivity contribution in [2.45, 2.75) is 82.5 Å². The van der Waals surface area contributed by atoms with Crippen LogP contribution in [-0.4, -0.2) is 45.9 Å². The molecule has 2 fully saturated rings. The molecule has 0 spiro atoms. The van der Waals surface area contributed by atoms with Gasteiger partial charge in [0.15, 0.2) is 0 Å². The van der Waals surface area contributed by atoms with Crippen molar-refractivity contribution in [2.75, 3.05) is 13.1 Å². The zero-order valence-corrected chi connectivity index (χ0v) is 13.7. The lowest BCUT2D eigenvalue weighted by Crippen LogP contribution is -2.68. The zero-order chi connectivity index (χ0) is 15.7. The highest BCUT2D eigenvalue weighted by atomic mass is 16.6. The first-order valence-corrected chi connectivity index (χ1v) is 8.14. The minimum atomic E-state index is -0.984. The molecular weight excluding hydrogens is 268 g/mol. The normalized spacial score (nSPS) is 30.0. The average Bonchev–Trinajstić information content (AvgIpc) is 2.37. The molecule has 2 aliphatic rings. The molecule has 1 unspecified atom stereocenters. The Morgan fingerprint density at radius 2 is 1.76 bits per heavy atom. The minimum absolute atomic E-state index is 0.290. The third kappa shape index (κ3) is 3.69. The van der Waals surface area contributed by atoms with Crippen molar-refractivity contribution in [1.82, 2.24) is 4.90 Å². The molecule has 122 valence electrons. The molecule has 1 heterocycles. The lowest BCUT2D eigenvalue weighted by molar-refractivity contribution is -0.0986. The summed E-state index contributed by atoms with van der Waals surface area (Å²) in [6, 6.07) is 0. The topological polar surface area (TPSA) is 75.8 Å². The molecule has 5 nitrogen and oxygen atoms in total. The van der Waals surface area contributed by atoms with Crippen LogP contribution in [0.25, 0.3) is 0 Å². The maximum Gasteiger partial charge on any atom is 0.410 e. The van der Waals surface area contributed by atoms with Crippen LogP contribution >= 0.6 is 0 Å². The van der Waals surface area contributed by atoms with Gasteiger partial charge in [0.2, 0.25) is 0 Å². The number of piperidine rings is 1. The summed E-state index contributed by atoms with van der Waals surface area (Å²) >= 11 is 0. The van der Waals surface area contributed by atoms with Gasteiger partial charge in [0.25, 0.3) is 0 Å². The Bertz CT molecular complexity index is 385. The second kappa shape index (κ2) is 5.76. The van der Waals surface area contributed by atoms with Crippen LogP contribution in [0, 0.1) is 0 Å². The van der Waals surface area contributed by atoms with E-state index in [0.29, 0.717) is 19.5 Å². The van der Waals surface area contributed by atoms with E-state index < -0.39 is 16.7 Å². The van der Waals surface area contributed by atoms with Crippen molar-refractivity contribution in [2.24, 2.45) is 5.73 Å². The van der Waals surface area contributed by atoms with E-state index in [2.05, 4.69) is 0 Å². The van der Waals surface area contributed by atoms with E-state index in [1.165, 1.54) is 6.42 Å². The van der Waals surface area contributed by atoms with Crippen LogP contribution in [0.15, 0.2) is 0 Å². The summed E-state index contributed by atoms with van der Waals surface area (Å²) in [7, 11) is 0. The summed E-state index contributed by atoms with van der Waals surface area (Å²) in [5.41, 5.74) is 4.47. The fraction of sp³-hybridized carbons (Fsp3) is 0.938. The Morgan fingerprint density at radius 3 is 2.33 bits per heavy atom. The molecule has 5 heteroatoms. The van der Waals surface area contributed by atoms with Gasteiger partial charge in [-0.1, -0.05) is 19.3 Å². The number of nitrogens with two attached hydrogens (primary N) is 1. The van der Waals surface area contributed by atoms with E-state index in [0.717, 1.165) is 32.1 Å². The predicted octanol–water partition coefficient (Wildman–Crippen LogP) is 2.41. The van der Waals surface area contributed by atoms with Gasteiger partial charge in [0.1, 0.15) is 11.2 Å². The SMILES string of the molecule is CC(C)(C)OC(=O)N1CCCC(O)(C2(N)CCCCC2)C1. The third-order valence-corrected chi connectivity index (χ3v) is 4.80. The molecule has 0 aromatic rings. The highest BCUT2D eigenvalue weighted by Crippen LogP contribution is 2.40. The van der Waals surface area contributed by atoms with Crippen LogP contribution in [0.2, 0.25) is 0 Å². The predicted molar refractivity (Wildman–Crippen MR) is 82.0 cm³/mol. The van der Waals surface area contributed by atoms with Crippen molar-refractivity contribution >= 4 is 6.09 Å². The van der Waals surface area contributed by atoms with Gasteiger partial charge >= 0.3 is 6.09 Å². The number of aliphatic hydroxyl groups is 1. The molecule has 0 aromatic heterocycles. The van der Waals surface area contributed by atoms with Crippen LogP contribution in [0.3, 0.4) is 0 Å². The Morgan fingerprint density at radius 1 is 1.14 bits per heavy atom. The smallest absolute Gasteiger partial charge is 0.410 e. The summed E-state index contributed by atoms with van der Waals surface area (Å²) < 4.78 is 5.43. The maximum absolute atomic E-state index is 12.2. The summed E-state index contributed by atoms with van der Waals surface area (Å²) in [5.74, 6) is 0. The molecule has 1 saturated heterocycles. The molecule has 1 amide bonds. The van der Waals surface area contributed by atoms with E-state index in [9.17, 15) is 9.90 Å². The van der Waals surface area contributed by atoms with Crippen molar-refractivity contribution in [3.63, 3.8) is 0 Å². The van der Waals surface area contributed by atoms with Gasteiger partial charge < -0.3 is 20.5 Å². The first-order valence-electron chi connectivity index (χ1n) is 8.14. The highest BCUT2D eigenvalue weighted by Gasteiger charge is 2.50. The molecular formula is C16H30N2O3.